The molecule has 2 nitrogen and oxygen atoms in total. The van der Waals surface area contributed by atoms with Gasteiger partial charge in [-0.1, -0.05) is 39.0 Å². The summed E-state index contributed by atoms with van der Waals surface area (Å²) in [6.45, 7) is 14.7. The normalized spacial score (nSPS) is 12.6. The van der Waals surface area contributed by atoms with Crippen molar-refractivity contribution < 1.29 is 4.74 Å². The molecule has 102 valence electrons. The van der Waals surface area contributed by atoms with Crippen molar-refractivity contribution in [3.05, 3.63) is 29.8 Å². The predicted octanol–water partition coefficient (Wildman–Crippen LogP) is 3.75. The van der Waals surface area contributed by atoms with Crippen molar-refractivity contribution >= 4 is 0 Å². The van der Waals surface area contributed by atoms with E-state index in [9.17, 15) is 0 Å². The molecule has 0 aliphatic rings. The van der Waals surface area contributed by atoms with E-state index in [2.05, 4.69) is 65.1 Å². The first kappa shape index (κ1) is 15.0. The van der Waals surface area contributed by atoms with Crippen LogP contribution in [0.4, 0.5) is 0 Å². The van der Waals surface area contributed by atoms with Crippen LogP contribution in [-0.4, -0.2) is 18.7 Å². The fraction of sp³-hybridized carbons (Fsp3) is 0.625. The van der Waals surface area contributed by atoms with Crippen LogP contribution in [0.3, 0.4) is 0 Å². The lowest BCUT2D eigenvalue weighted by molar-refractivity contribution is 0.285. The van der Waals surface area contributed by atoms with E-state index in [0.29, 0.717) is 6.61 Å². The first-order chi connectivity index (χ1) is 8.20. The Bertz CT molecular complexity index is 371. The third kappa shape index (κ3) is 5.09. The van der Waals surface area contributed by atoms with Crippen LogP contribution in [-0.2, 0) is 5.41 Å². The fourth-order valence-electron chi connectivity index (χ4n) is 1.80. The Balaban J connectivity index is 2.58. The topological polar surface area (TPSA) is 21.3 Å². The van der Waals surface area contributed by atoms with Gasteiger partial charge < -0.3 is 10.1 Å². The summed E-state index contributed by atoms with van der Waals surface area (Å²) in [5.74, 6) is 1.00. The van der Waals surface area contributed by atoms with E-state index in [1.54, 1.807) is 0 Å². The van der Waals surface area contributed by atoms with Crippen molar-refractivity contribution in [3.8, 4) is 5.75 Å². The molecule has 0 aliphatic heterocycles. The standard InChI is InChI=1S/C16H27NO/c1-15(2,3)13-9-7-8-10-14(13)18-12-11-17-16(4,5)6/h7-10,17H,11-12H2,1-6H3. The molecule has 1 aromatic rings. The summed E-state index contributed by atoms with van der Waals surface area (Å²) in [5, 5.41) is 3.43. The minimum atomic E-state index is 0.119. The van der Waals surface area contributed by atoms with E-state index >= 15 is 0 Å². The first-order valence-electron chi connectivity index (χ1n) is 6.67. The average molecular weight is 249 g/mol. The molecule has 1 aromatic carbocycles. The molecule has 2 heteroatoms. The molecule has 0 saturated carbocycles. The summed E-state index contributed by atoms with van der Waals surface area (Å²) in [5.41, 5.74) is 1.53. The highest BCUT2D eigenvalue weighted by Crippen LogP contribution is 2.30. The lowest BCUT2D eigenvalue weighted by Crippen LogP contribution is -2.38. The largest absolute Gasteiger partial charge is 0.492 e. The zero-order valence-electron chi connectivity index (χ0n) is 12.6. The predicted molar refractivity (Wildman–Crippen MR) is 78.4 cm³/mol. The van der Waals surface area contributed by atoms with Gasteiger partial charge in [-0.25, -0.2) is 0 Å². The van der Waals surface area contributed by atoms with Crippen LogP contribution in [0.5, 0.6) is 5.75 Å². The van der Waals surface area contributed by atoms with Gasteiger partial charge in [-0.2, -0.15) is 0 Å². The molecule has 0 heterocycles. The second-order valence-corrected chi connectivity index (χ2v) is 6.77. The minimum absolute atomic E-state index is 0.119. The van der Waals surface area contributed by atoms with E-state index < -0.39 is 0 Å². The van der Waals surface area contributed by atoms with Crippen molar-refractivity contribution in [2.75, 3.05) is 13.2 Å². The second-order valence-electron chi connectivity index (χ2n) is 6.77. The Morgan fingerprint density at radius 2 is 1.61 bits per heavy atom. The Morgan fingerprint density at radius 1 is 1.00 bits per heavy atom. The molecular formula is C16H27NO. The quantitative estimate of drug-likeness (QED) is 0.821. The molecule has 0 radical (unpaired) electrons. The number of rotatable bonds is 4. The highest BCUT2D eigenvalue weighted by molar-refractivity contribution is 5.38. The summed E-state index contributed by atoms with van der Waals surface area (Å²) in [6, 6.07) is 8.30. The van der Waals surface area contributed by atoms with Gasteiger partial charge in [-0.3, -0.25) is 0 Å². The van der Waals surface area contributed by atoms with Gasteiger partial charge in [0.1, 0.15) is 12.4 Å². The van der Waals surface area contributed by atoms with E-state index in [0.717, 1.165) is 12.3 Å². The average Bonchev–Trinajstić information content (AvgIpc) is 2.22. The maximum Gasteiger partial charge on any atom is 0.123 e. The van der Waals surface area contributed by atoms with E-state index in [-0.39, 0.29) is 11.0 Å². The summed E-state index contributed by atoms with van der Waals surface area (Å²) in [4.78, 5) is 0. The molecular weight excluding hydrogens is 222 g/mol. The third-order valence-electron chi connectivity index (χ3n) is 2.71. The van der Waals surface area contributed by atoms with Crippen LogP contribution < -0.4 is 10.1 Å². The highest BCUT2D eigenvalue weighted by atomic mass is 16.5. The lowest BCUT2D eigenvalue weighted by atomic mass is 9.86. The molecule has 0 spiro atoms. The molecule has 0 unspecified atom stereocenters. The van der Waals surface area contributed by atoms with Gasteiger partial charge in [-0.15, -0.1) is 0 Å². The Kier molecular flexibility index (Phi) is 4.80. The Labute approximate surface area is 112 Å². The van der Waals surface area contributed by atoms with Gasteiger partial charge in [-0.05, 0) is 37.8 Å². The molecule has 1 N–H and O–H groups in total. The summed E-state index contributed by atoms with van der Waals surface area (Å²) < 4.78 is 5.90. The van der Waals surface area contributed by atoms with Crippen LogP contribution in [0.1, 0.15) is 47.1 Å². The van der Waals surface area contributed by atoms with Crippen molar-refractivity contribution in [2.45, 2.75) is 52.5 Å². The van der Waals surface area contributed by atoms with Crippen LogP contribution in [0.15, 0.2) is 24.3 Å². The monoisotopic (exact) mass is 249 g/mol. The maximum absolute atomic E-state index is 5.90. The molecule has 0 bridgehead atoms. The molecule has 0 atom stereocenters. The minimum Gasteiger partial charge on any atom is -0.492 e. The smallest absolute Gasteiger partial charge is 0.123 e. The van der Waals surface area contributed by atoms with Gasteiger partial charge in [0, 0.05) is 12.1 Å². The molecule has 0 aromatic heterocycles. The summed E-state index contributed by atoms with van der Waals surface area (Å²) in [6.07, 6.45) is 0. The number of hydrogen-bond acceptors (Lipinski definition) is 2. The SMILES string of the molecule is CC(C)(C)NCCOc1ccccc1C(C)(C)C. The van der Waals surface area contributed by atoms with Crippen LogP contribution in [0.25, 0.3) is 0 Å². The number of hydrogen-bond donors (Lipinski definition) is 1. The summed E-state index contributed by atoms with van der Waals surface area (Å²) in [7, 11) is 0. The van der Waals surface area contributed by atoms with Crippen LogP contribution in [0, 0.1) is 0 Å². The zero-order valence-corrected chi connectivity index (χ0v) is 12.6. The molecule has 1 rings (SSSR count). The first-order valence-corrected chi connectivity index (χ1v) is 6.67. The third-order valence-corrected chi connectivity index (χ3v) is 2.71. The van der Waals surface area contributed by atoms with Gasteiger partial charge in [0.2, 0.25) is 0 Å². The van der Waals surface area contributed by atoms with Gasteiger partial charge in [0.05, 0.1) is 0 Å². The molecule has 0 fully saturated rings. The lowest BCUT2D eigenvalue weighted by Gasteiger charge is -2.24. The number of nitrogens with one attached hydrogen (secondary N) is 1. The van der Waals surface area contributed by atoms with Crippen molar-refractivity contribution in [3.63, 3.8) is 0 Å². The van der Waals surface area contributed by atoms with E-state index in [1.165, 1.54) is 5.56 Å². The van der Waals surface area contributed by atoms with E-state index in [1.807, 2.05) is 6.07 Å². The Morgan fingerprint density at radius 3 is 2.17 bits per heavy atom. The number of para-hydroxylation sites is 1. The van der Waals surface area contributed by atoms with Gasteiger partial charge >= 0.3 is 0 Å². The van der Waals surface area contributed by atoms with Crippen molar-refractivity contribution in [2.24, 2.45) is 0 Å². The van der Waals surface area contributed by atoms with Gasteiger partial charge in [0.25, 0.3) is 0 Å². The number of benzene rings is 1. The maximum atomic E-state index is 5.90. The fourth-order valence-corrected chi connectivity index (χ4v) is 1.80. The van der Waals surface area contributed by atoms with Crippen LogP contribution >= 0.6 is 0 Å². The number of ether oxygens (including phenoxy) is 1. The molecule has 0 aliphatic carbocycles. The van der Waals surface area contributed by atoms with Crippen molar-refractivity contribution in [1.29, 1.82) is 0 Å². The zero-order chi connectivity index (χ0) is 13.8. The molecule has 0 saturated heterocycles. The van der Waals surface area contributed by atoms with Crippen LogP contribution in [0.2, 0.25) is 0 Å². The molecule has 0 amide bonds. The summed E-state index contributed by atoms with van der Waals surface area (Å²) >= 11 is 0. The molecule has 18 heavy (non-hydrogen) atoms. The van der Waals surface area contributed by atoms with Gasteiger partial charge in [0.15, 0.2) is 0 Å². The second kappa shape index (κ2) is 5.75. The highest BCUT2D eigenvalue weighted by Gasteiger charge is 2.18. The van der Waals surface area contributed by atoms with Crippen molar-refractivity contribution in [1.82, 2.24) is 5.32 Å². The Hall–Kier alpha value is -1.02. The van der Waals surface area contributed by atoms with E-state index in [4.69, 9.17) is 4.74 Å².